The summed E-state index contributed by atoms with van der Waals surface area (Å²) in [4.78, 5) is 33.8. The van der Waals surface area contributed by atoms with Crippen LogP contribution in [0.2, 0.25) is 0 Å². The molecule has 3 atom stereocenters. The molecule has 1 aliphatic heterocycles. The summed E-state index contributed by atoms with van der Waals surface area (Å²) in [5.74, 6) is -0.920. The number of piperazine rings is 1. The van der Waals surface area contributed by atoms with Gasteiger partial charge in [-0.3, -0.25) is 19.8 Å². The first kappa shape index (κ1) is 21.1. The molecule has 2 N–H and O–H groups in total. The van der Waals surface area contributed by atoms with E-state index in [1.165, 1.54) is 0 Å². The first-order chi connectivity index (χ1) is 15.2. The molecule has 4 rings (SSSR count). The minimum atomic E-state index is -0.620. The van der Waals surface area contributed by atoms with E-state index in [-0.39, 0.29) is 12.0 Å². The number of rotatable bonds is 5. The Balaban J connectivity index is 1.38. The van der Waals surface area contributed by atoms with Crippen molar-refractivity contribution in [2.24, 2.45) is 11.8 Å². The quantitative estimate of drug-likeness (QED) is 0.564. The Bertz CT molecular complexity index is 872. The lowest BCUT2D eigenvalue weighted by Gasteiger charge is -2.40. The molecule has 0 bridgehead atoms. The summed E-state index contributed by atoms with van der Waals surface area (Å²) >= 11 is 0. The maximum absolute atomic E-state index is 13.3. The van der Waals surface area contributed by atoms with Gasteiger partial charge in [-0.2, -0.15) is 0 Å². The lowest BCUT2D eigenvalue weighted by molar-refractivity contribution is -0.148. The molecule has 1 saturated carbocycles. The van der Waals surface area contributed by atoms with Crippen molar-refractivity contribution in [2.45, 2.75) is 25.4 Å². The zero-order chi connectivity index (χ0) is 21.6. The SMILES string of the molecule is O=C(NO)C1CC(Oc2ccncc2)CCC1C(=O)N1CCN(c2ccccc2)CC1. The molecule has 1 saturated heterocycles. The minimum Gasteiger partial charge on any atom is -0.490 e. The number of aromatic nitrogens is 1. The van der Waals surface area contributed by atoms with E-state index < -0.39 is 17.7 Å². The van der Waals surface area contributed by atoms with Crippen molar-refractivity contribution in [3.8, 4) is 5.75 Å². The van der Waals surface area contributed by atoms with Crippen LogP contribution in [0.3, 0.4) is 0 Å². The molecular formula is C23H28N4O4. The zero-order valence-corrected chi connectivity index (χ0v) is 17.4. The second kappa shape index (κ2) is 9.78. The van der Waals surface area contributed by atoms with E-state index >= 15 is 0 Å². The van der Waals surface area contributed by atoms with Crippen molar-refractivity contribution < 1.29 is 19.5 Å². The molecule has 2 heterocycles. The largest absolute Gasteiger partial charge is 0.490 e. The molecule has 2 fully saturated rings. The molecule has 1 aliphatic carbocycles. The second-order valence-electron chi connectivity index (χ2n) is 8.07. The van der Waals surface area contributed by atoms with Gasteiger partial charge in [0.2, 0.25) is 11.8 Å². The molecule has 164 valence electrons. The molecule has 31 heavy (non-hydrogen) atoms. The molecule has 2 amide bonds. The van der Waals surface area contributed by atoms with Gasteiger partial charge in [-0.15, -0.1) is 0 Å². The van der Waals surface area contributed by atoms with Crippen LogP contribution in [-0.2, 0) is 9.59 Å². The lowest BCUT2D eigenvalue weighted by Crippen LogP contribution is -2.53. The average molecular weight is 425 g/mol. The Morgan fingerprint density at radius 2 is 1.68 bits per heavy atom. The summed E-state index contributed by atoms with van der Waals surface area (Å²) < 4.78 is 5.98. The highest BCUT2D eigenvalue weighted by Crippen LogP contribution is 2.34. The zero-order valence-electron chi connectivity index (χ0n) is 17.4. The van der Waals surface area contributed by atoms with E-state index in [1.807, 2.05) is 23.1 Å². The number of hydroxylamine groups is 1. The van der Waals surface area contributed by atoms with E-state index in [4.69, 9.17) is 4.74 Å². The van der Waals surface area contributed by atoms with Crippen LogP contribution < -0.4 is 15.1 Å². The van der Waals surface area contributed by atoms with Crippen LogP contribution in [0.15, 0.2) is 54.9 Å². The average Bonchev–Trinajstić information content (AvgIpc) is 2.84. The van der Waals surface area contributed by atoms with Gasteiger partial charge in [0.1, 0.15) is 5.75 Å². The summed E-state index contributed by atoms with van der Waals surface area (Å²) in [5, 5.41) is 9.25. The number of pyridine rings is 1. The number of anilines is 1. The van der Waals surface area contributed by atoms with Crippen LogP contribution in [0.1, 0.15) is 19.3 Å². The fourth-order valence-electron chi connectivity index (χ4n) is 4.57. The molecule has 1 aromatic heterocycles. The van der Waals surface area contributed by atoms with Gasteiger partial charge in [-0.25, -0.2) is 5.48 Å². The number of nitrogens with zero attached hydrogens (tertiary/aromatic N) is 3. The number of para-hydroxylation sites is 1. The topological polar surface area (TPSA) is 95.0 Å². The first-order valence-corrected chi connectivity index (χ1v) is 10.7. The van der Waals surface area contributed by atoms with Gasteiger partial charge in [-0.05, 0) is 43.5 Å². The molecule has 2 aliphatic rings. The van der Waals surface area contributed by atoms with Crippen molar-refractivity contribution >= 4 is 17.5 Å². The summed E-state index contributed by atoms with van der Waals surface area (Å²) in [6, 6.07) is 13.7. The van der Waals surface area contributed by atoms with E-state index in [9.17, 15) is 14.8 Å². The van der Waals surface area contributed by atoms with E-state index in [0.717, 1.165) is 18.8 Å². The van der Waals surface area contributed by atoms with Crippen LogP contribution in [-0.4, -0.2) is 59.2 Å². The standard InChI is InChI=1S/C23H28N4O4/c28-22(25-30)21-16-19(31-18-8-10-24-11-9-18)6-7-20(21)23(29)27-14-12-26(13-15-27)17-4-2-1-3-5-17/h1-5,8-11,19-21,30H,6-7,12-16H2,(H,25,28). The van der Waals surface area contributed by atoms with E-state index in [1.54, 1.807) is 30.0 Å². The van der Waals surface area contributed by atoms with Crippen LogP contribution in [0, 0.1) is 11.8 Å². The normalized spacial score (nSPS) is 23.8. The number of carbonyl (C=O) groups is 2. The highest BCUT2D eigenvalue weighted by atomic mass is 16.5. The molecule has 3 unspecified atom stereocenters. The van der Waals surface area contributed by atoms with Crippen LogP contribution in [0.5, 0.6) is 5.75 Å². The van der Waals surface area contributed by atoms with Crippen LogP contribution in [0.25, 0.3) is 0 Å². The molecule has 0 spiro atoms. The number of carbonyl (C=O) groups excluding carboxylic acids is 2. The Morgan fingerprint density at radius 3 is 2.35 bits per heavy atom. The fourth-order valence-corrected chi connectivity index (χ4v) is 4.57. The first-order valence-electron chi connectivity index (χ1n) is 10.7. The summed E-state index contributed by atoms with van der Waals surface area (Å²) in [7, 11) is 0. The van der Waals surface area contributed by atoms with Crippen molar-refractivity contribution in [1.82, 2.24) is 15.4 Å². The third kappa shape index (κ3) is 4.96. The second-order valence-corrected chi connectivity index (χ2v) is 8.07. The Morgan fingerprint density at radius 1 is 0.968 bits per heavy atom. The van der Waals surface area contributed by atoms with Gasteiger partial charge in [0, 0.05) is 44.3 Å². The van der Waals surface area contributed by atoms with Crippen molar-refractivity contribution in [3.05, 3.63) is 54.9 Å². The minimum absolute atomic E-state index is 0.0105. The third-order valence-corrected chi connectivity index (χ3v) is 6.23. The van der Waals surface area contributed by atoms with Crippen LogP contribution >= 0.6 is 0 Å². The Hall–Kier alpha value is -3.13. The fraction of sp³-hybridized carbons (Fsp3) is 0.435. The maximum Gasteiger partial charge on any atom is 0.247 e. The maximum atomic E-state index is 13.3. The molecule has 0 radical (unpaired) electrons. The van der Waals surface area contributed by atoms with Gasteiger partial charge in [-0.1, -0.05) is 18.2 Å². The Labute approximate surface area is 181 Å². The van der Waals surface area contributed by atoms with Crippen LogP contribution in [0.4, 0.5) is 5.69 Å². The number of amides is 2. The molecular weight excluding hydrogens is 396 g/mol. The smallest absolute Gasteiger partial charge is 0.247 e. The number of hydrogen-bond acceptors (Lipinski definition) is 6. The summed E-state index contributed by atoms with van der Waals surface area (Å²) in [5.41, 5.74) is 2.91. The van der Waals surface area contributed by atoms with Gasteiger partial charge < -0.3 is 14.5 Å². The highest BCUT2D eigenvalue weighted by molar-refractivity contribution is 5.87. The number of benzene rings is 1. The van der Waals surface area contributed by atoms with Crippen molar-refractivity contribution in [1.29, 1.82) is 0 Å². The molecule has 8 heteroatoms. The molecule has 1 aromatic carbocycles. The van der Waals surface area contributed by atoms with Gasteiger partial charge >= 0.3 is 0 Å². The predicted molar refractivity (Wildman–Crippen MR) is 115 cm³/mol. The lowest BCUT2D eigenvalue weighted by atomic mass is 9.76. The van der Waals surface area contributed by atoms with Crippen molar-refractivity contribution in [2.75, 3.05) is 31.1 Å². The highest BCUT2D eigenvalue weighted by Gasteiger charge is 2.42. The molecule has 2 aromatic rings. The summed E-state index contributed by atoms with van der Waals surface area (Å²) in [6.45, 7) is 2.75. The predicted octanol–water partition coefficient (Wildman–Crippen LogP) is 2.10. The summed E-state index contributed by atoms with van der Waals surface area (Å²) in [6.07, 6.45) is 4.72. The number of ether oxygens (including phenoxy) is 1. The van der Waals surface area contributed by atoms with E-state index in [0.29, 0.717) is 38.1 Å². The number of nitrogens with one attached hydrogen (secondary N) is 1. The van der Waals surface area contributed by atoms with Crippen molar-refractivity contribution in [3.63, 3.8) is 0 Å². The van der Waals surface area contributed by atoms with Gasteiger partial charge in [0.15, 0.2) is 0 Å². The Kier molecular flexibility index (Phi) is 6.66. The number of hydrogen-bond donors (Lipinski definition) is 2. The van der Waals surface area contributed by atoms with Gasteiger partial charge in [0.05, 0.1) is 17.9 Å². The molecule has 8 nitrogen and oxygen atoms in total. The monoisotopic (exact) mass is 424 g/mol. The van der Waals surface area contributed by atoms with E-state index in [2.05, 4.69) is 22.0 Å². The van der Waals surface area contributed by atoms with Gasteiger partial charge in [0.25, 0.3) is 0 Å². The third-order valence-electron chi connectivity index (χ3n) is 6.23.